The number of aromatic nitrogens is 1. The highest BCUT2D eigenvalue weighted by atomic mass is 35.5. The maximum absolute atomic E-state index is 14.2. The van der Waals surface area contributed by atoms with Crippen LogP contribution in [-0.2, 0) is 5.41 Å². The van der Waals surface area contributed by atoms with Gasteiger partial charge in [0.2, 0.25) is 5.82 Å². The summed E-state index contributed by atoms with van der Waals surface area (Å²) in [5, 5.41) is 23.0. The van der Waals surface area contributed by atoms with Gasteiger partial charge in [-0.15, -0.1) is 0 Å². The van der Waals surface area contributed by atoms with E-state index in [0.29, 0.717) is 5.56 Å². The Morgan fingerprint density at radius 2 is 2.17 bits per heavy atom. The molecule has 0 aliphatic heterocycles. The minimum atomic E-state index is -0.715. The Labute approximate surface area is 143 Å². The largest absolute Gasteiger partial charge is 0.363 e. The number of halogens is 2. The number of nitrogens with one attached hydrogen (secondary N) is 1. The molecule has 0 unspecified atom stereocenters. The maximum atomic E-state index is 14.2. The first kappa shape index (κ1) is 17.6. The van der Waals surface area contributed by atoms with E-state index in [9.17, 15) is 14.5 Å². The van der Waals surface area contributed by atoms with Crippen LogP contribution in [0.2, 0.25) is 5.02 Å². The average Bonchev–Trinajstić information content (AvgIpc) is 2.54. The molecule has 2 rings (SSSR count). The molecule has 2 aromatic rings. The van der Waals surface area contributed by atoms with Crippen LogP contribution < -0.4 is 5.32 Å². The lowest BCUT2D eigenvalue weighted by molar-refractivity contribution is -0.384. The van der Waals surface area contributed by atoms with E-state index in [-0.39, 0.29) is 22.9 Å². The lowest BCUT2D eigenvalue weighted by Gasteiger charge is -2.26. The molecule has 0 saturated heterocycles. The molecule has 0 fully saturated rings. The van der Waals surface area contributed by atoms with Crippen LogP contribution in [0.4, 0.5) is 15.9 Å². The van der Waals surface area contributed by atoms with Crippen LogP contribution in [0, 0.1) is 27.3 Å². The fourth-order valence-corrected chi connectivity index (χ4v) is 2.46. The minimum Gasteiger partial charge on any atom is -0.363 e. The fraction of sp³-hybridized carbons (Fsp3) is 0.250. The van der Waals surface area contributed by atoms with Crippen molar-refractivity contribution >= 4 is 23.1 Å². The van der Waals surface area contributed by atoms with Crippen molar-refractivity contribution in [2.75, 3.05) is 11.9 Å². The smallest absolute Gasteiger partial charge is 0.328 e. The van der Waals surface area contributed by atoms with Gasteiger partial charge in [-0.05, 0) is 17.7 Å². The van der Waals surface area contributed by atoms with E-state index in [1.807, 2.05) is 0 Å². The zero-order chi connectivity index (χ0) is 17.9. The summed E-state index contributed by atoms with van der Waals surface area (Å²) in [5.41, 5.74) is -0.833. The van der Waals surface area contributed by atoms with Crippen molar-refractivity contribution in [3.63, 3.8) is 0 Å². The van der Waals surface area contributed by atoms with Crippen LogP contribution in [0.3, 0.4) is 0 Å². The Bertz CT molecular complexity index is 833. The lowest BCUT2D eigenvalue weighted by Crippen LogP contribution is -2.29. The topological polar surface area (TPSA) is 91.8 Å². The molecule has 0 spiro atoms. The van der Waals surface area contributed by atoms with Crippen LogP contribution in [0.5, 0.6) is 0 Å². The molecule has 1 N–H and O–H groups in total. The Balaban J connectivity index is 2.32. The van der Waals surface area contributed by atoms with Crippen molar-refractivity contribution in [3.8, 4) is 6.07 Å². The number of benzene rings is 1. The first-order valence-electron chi connectivity index (χ1n) is 7.00. The third-order valence-corrected chi connectivity index (χ3v) is 3.90. The molecular formula is C16H14ClFN4O2. The van der Waals surface area contributed by atoms with Crippen molar-refractivity contribution in [1.82, 2.24) is 4.98 Å². The monoisotopic (exact) mass is 348 g/mol. The maximum Gasteiger partial charge on any atom is 0.328 e. The summed E-state index contributed by atoms with van der Waals surface area (Å²) in [7, 11) is 0. The molecule has 8 heteroatoms. The van der Waals surface area contributed by atoms with Crippen molar-refractivity contribution in [2.45, 2.75) is 19.3 Å². The molecule has 124 valence electrons. The van der Waals surface area contributed by atoms with Crippen LogP contribution in [0.25, 0.3) is 0 Å². The van der Waals surface area contributed by atoms with Crippen molar-refractivity contribution in [1.29, 1.82) is 5.26 Å². The van der Waals surface area contributed by atoms with Gasteiger partial charge in [0.15, 0.2) is 0 Å². The summed E-state index contributed by atoms with van der Waals surface area (Å²) in [4.78, 5) is 14.4. The highest BCUT2D eigenvalue weighted by Crippen LogP contribution is 2.31. The first-order valence-corrected chi connectivity index (χ1v) is 7.37. The van der Waals surface area contributed by atoms with Gasteiger partial charge >= 0.3 is 5.69 Å². The molecule has 1 aromatic heterocycles. The van der Waals surface area contributed by atoms with Gasteiger partial charge in [0, 0.05) is 18.2 Å². The molecule has 6 nitrogen and oxygen atoms in total. The number of nitro groups is 1. The predicted molar refractivity (Wildman–Crippen MR) is 88.5 cm³/mol. The number of anilines is 1. The summed E-state index contributed by atoms with van der Waals surface area (Å²) < 4.78 is 14.2. The van der Waals surface area contributed by atoms with Gasteiger partial charge in [-0.25, -0.2) is 9.37 Å². The van der Waals surface area contributed by atoms with E-state index < -0.39 is 21.8 Å². The second-order valence-electron chi connectivity index (χ2n) is 5.76. The summed E-state index contributed by atoms with van der Waals surface area (Å²) in [6, 6.07) is 7.73. The second-order valence-corrected chi connectivity index (χ2v) is 6.17. The summed E-state index contributed by atoms with van der Waals surface area (Å²) in [6.07, 6.45) is 1.31. The van der Waals surface area contributed by atoms with Gasteiger partial charge in [-0.3, -0.25) is 10.1 Å². The summed E-state index contributed by atoms with van der Waals surface area (Å²) in [6.45, 7) is 3.70. The van der Waals surface area contributed by atoms with E-state index in [1.165, 1.54) is 18.3 Å². The van der Waals surface area contributed by atoms with Gasteiger partial charge in [0.1, 0.15) is 17.4 Å². The normalized spacial score (nSPS) is 11.0. The second kappa shape index (κ2) is 6.81. The number of nitriles is 1. The molecule has 0 aliphatic carbocycles. The Kier molecular flexibility index (Phi) is 5.00. The van der Waals surface area contributed by atoms with Gasteiger partial charge in [0.25, 0.3) is 0 Å². The number of nitrogens with zero attached hydrogens (tertiary/aromatic N) is 3. The molecule has 0 aliphatic rings. The zero-order valence-electron chi connectivity index (χ0n) is 13.0. The van der Waals surface area contributed by atoms with Crippen LogP contribution in [0.1, 0.15) is 25.0 Å². The van der Waals surface area contributed by atoms with Crippen molar-refractivity contribution < 1.29 is 9.31 Å². The van der Waals surface area contributed by atoms with E-state index >= 15 is 0 Å². The Hall–Kier alpha value is -2.72. The predicted octanol–water partition coefficient (Wildman–Crippen LogP) is 4.04. The van der Waals surface area contributed by atoms with Gasteiger partial charge < -0.3 is 5.32 Å². The van der Waals surface area contributed by atoms with Crippen LogP contribution in [-0.4, -0.2) is 16.5 Å². The lowest BCUT2D eigenvalue weighted by atomic mass is 9.84. The van der Waals surface area contributed by atoms with Crippen molar-refractivity contribution in [2.24, 2.45) is 0 Å². The Morgan fingerprint density at radius 3 is 2.79 bits per heavy atom. The van der Waals surface area contributed by atoms with Crippen molar-refractivity contribution in [3.05, 3.63) is 62.5 Å². The molecule has 1 heterocycles. The molecule has 0 bridgehead atoms. The Morgan fingerprint density at radius 1 is 1.46 bits per heavy atom. The van der Waals surface area contributed by atoms with Gasteiger partial charge in [0.05, 0.1) is 9.95 Å². The minimum absolute atomic E-state index is 0.0103. The van der Waals surface area contributed by atoms with E-state index in [0.717, 1.165) is 0 Å². The molecular weight excluding hydrogens is 335 g/mol. The third-order valence-electron chi connectivity index (χ3n) is 3.61. The molecule has 24 heavy (non-hydrogen) atoms. The number of hydrogen-bond acceptors (Lipinski definition) is 5. The quantitative estimate of drug-likeness (QED) is 0.650. The molecule has 1 aromatic carbocycles. The first-order chi connectivity index (χ1) is 11.3. The van der Waals surface area contributed by atoms with E-state index in [1.54, 1.807) is 32.0 Å². The number of pyridine rings is 1. The zero-order valence-corrected chi connectivity index (χ0v) is 13.8. The number of hydrogen-bond donors (Lipinski definition) is 1. The fourth-order valence-electron chi connectivity index (χ4n) is 2.28. The summed E-state index contributed by atoms with van der Waals surface area (Å²) in [5.74, 6) is -0.561. The molecule has 0 saturated carbocycles. The van der Waals surface area contributed by atoms with Gasteiger partial charge in [-0.1, -0.05) is 37.6 Å². The van der Waals surface area contributed by atoms with E-state index in [2.05, 4.69) is 10.3 Å². The highest BCUT2D eigenvalue weighted by Gasteiger charge is 2.28. The standard InChI is InChI=1S/C16H14ClFN4O2/c1-16(2,11-4-3-5-12(17)13(11)18)9-21-15-14(22(23)24)10(8-19)6-7-20-15/h3-7H,9H2,1-2H3,(H,20,21). The van der Waals surface area contributed by atoms with Crippen LogP contribution >= 0.6 is 11.6 Å². The molecule has 0 radical (unpaired) electrons. The van der Waals surface area contributed by atoms with E-state index in [4.69, 9.17) is 16.9 Å². The van der Waals surface area contributed by atoms with Gasteiger partial charge in [-0.2, -0.15) is 5.26 Å². The molecule has 0 atom stereocenters. The third kappa shape index (κ3) is 3.44. The number of rotatable bonds is 5. The summed E-state index contributed by atoms with van der Waals surface area (Å²) >= 11 is 5.81. The molecule has 0 amide bonds. The highest BCUT2D eigenvalue weighted by molar-refractivity contribution is 6.30. The van der Waals surface area contributed by atoms with Crippen LogP contribution in [0.15, 0.2) is 30.5 Å². The average molecular weight is 349 g/mol. The SMILES string of the molecule is CC(C)(CNc1nccc(C#N)c1[N+](=O)[O-])c1cccc(Cl)c1F.